The zero-order chi connectivity index (χ0) is 30.5. The number of likely N-dealkylation sites (tertiary alicyclic amines) is 1. The second kappa shape index (κ2) is 12.5. The molecule has 0 unspecified atom stereocenters. The van der Waals surface area contributed by atoms with Crippen molar-refractivity contribution in [3.8, 4) is 0 Å². The molecule has 10 aliphatic rings. The number of amides is 1. The van der Waals surface area contributed by atoms with Gasteiger partial charge in [0.1, 0.15) is 0 Å². The topological polar surface area (TPSA) is 49.4 Å². The van der Waals surface area contributed by atoms with Gasteiger partial charge in [0.15, 0.2) is 0 Å². The third kappa shape index (κ3) is 6.25. The minimum atomic E-state index is -0.0731. The first-order valence-electron chi connectivity index (χ1n) is 18.8. The first kappa shape index (κ1) is 32.3. The van der Waals surface area contributed by atoms with Gasteiger partial charge in [0.2, 0.25) is 11.1 Å². The van der Waals surface area contributed by atoms with E-state index in [0.29, 0.717) is 16.7 Å². The van der Waals surface area contributed by atoms with E-state index in [2.05, 4.69) is 37.9 Å². The molecule has 1 N–H and O–H groups in total. The Kier molecular flexibility index (Phi) is 9.43. The molecular formula is C38H63ClN2O2. The zero-order valence-corrected chi connectivity index (χ0v) is 28.9. The van der Waals surface area contributed by atoms with Crippen molar-refractivity contribution in [2.45, 2.75) is 143 Å². The predicted molar refractivity (Wildman–Crippen MR) is 177 cm³/mol. The standard InChI is InChI=1S/C19H31NO.C11H15ClO.C8H17N/c1-3-18(4-2)5-6-20(13-18)17(21)19-10-14-7-15(11-19)9-16(8-14)12-19;12-10(13)11-4-7-1-8(5-11)3-9(2-7)6-11;1-3-8(4-2)5-6-9-7-8/h14-16H,3-13H2,1-2H3;7-9H,1-6H2;9H,3-7H2,1-2H3. The Hall–Kier alpha value is -0.610. The monoisotopic (exact) mass is 614 g/mol. The van der Waals surface area contributed by atoms with Crippen LogP contribution in [0.3, 0.4) is 0 Å². The zero-order valence-electron chi connectivity index (χ0n) is 28.2. The van der Waals surface area contributed by atoms with Crippen LogP contribution in [0.1, 0.15) is 143 Å². The molecule has 8 aliphatic carbocycles. The molecule has 0 atom stereocenters. The molecule has 0 aromatic heterocycles. The summed E-state index contributed by atoms with van der Waals surface area (Å²) < 4.78 is 0. The maximum Gasteiger partial charge on any atom is 0.228 e. The first-order valence-corrected chi connectivity index (χ1v) is 19.2. The molecule has 43 heavy (non-hydrogen) atoms. The molecule has 0 aromatic rings. The molecule has 10 rings (SSSR count). The largest absolute Gasteiger partial charge is 0.342 e. The second-order valence-electron chi connectivity index (χ2n) is 17.5. The van der Waals surface area contributed by atoms with Gasteiger partial charge in [-0.25, -0.2) is 0 Å². The van der Waals surface area contributed by atoms with Gasteiger partial charge in [0.25, 0.3) is 0 Å². The molecule has 4 nitrogen and oxygen atoms in total. The van der Waals surface area contributed by atoms with Gasteiger partial charge in [-0.3, -0.25) is 9.59 Å². The van der Waals surface area contributed by atoms with Crippen molar-refractivity contribution in [2.24, 2.45) is 57.2 Å². The number of hydrogen-bond acceptors (Lipinski definition) is 3. The number of carbonyl (C=O) groups is 2. The van der Waals surface area contributed by atoms with Crippen LogP contribution in [0.15, 0.2) is 0 Å². The third-order valence-corrected chi connectivity index (χ3v) is 15.4. The van der Waals surface area contributed by atoms with Crippen LogP contribution in [0.4, 0.5) is 0 Å². The van der Waals surface area contributed by atoms with Crippen LogP contribution >= 0.6 is 11.6 Å². The second-order valence-corrected chi connectivity index (χ2v) is 17.8. The summed E-state index contributed by atoms with van der Waals surface area (Å²) in [4.78, 5) is 27.1. The summed E-state index contributed by atoms with van der Waals surface area (Å²) in [5.74, 6) is 5.68. The van der Waals surface area contributed by atoms with Crippen LogP contribution in [0.25, 0.3) is 0 Å². The lowest BCUT2D eigenvalue weighted by atomic mass is 9.49. The number of rotatable bonds is 6. The lowest BCUT2D eigenvalue weighted by molar-refractivity contribution is -0.157. The van der Waals surface area contributed by atoms with Crippen LogP contribution in [0.5, 0.6) is 0 Å². The highest BCUT2D eigenvalue weighted by Gasteiger charge is 2.57. The van der Waals surface area contributed by atoms with E-state index in [4.69, 9.17) is 11.6 Å². The van der Waals surface area contributed by atoms with Crippen molar-refractivity contribution < 1.29 is 9.59 Å². The minimum Gasteiger partial charge on any atom is -0.342 e. The fraction of sp³-hybridized carbons (Fsp3) is 0.947. The van der Waals surface area contributed by atoms with Gasteiger partial charge in [0.05, 0.1) is 5.41 Å². The molecule has 0 radical (unpaired) electrons. The fourth-order valence-corrected chi connectivity index (χ4v) is 12.9. The lowest BCUT2D eigenvalue weighted by Crippen LogP contribution is -2.54. The van der Waals surface area contributed by atoms with Crippen LogP contribution in [-0.2, 0) is 9.59 Å². The minimum absolute atomic E-state index is 0.0356. The fourth-order valence-electron chi connectivity index (χ4n) is 12.6. The van der Waals surface area contributed by atoms with E-state index in [0.717, 1.165) is 67.9 Å². The van der Waals surface area contributed by atoms with E-state index in [9.17, 15) is 9.59 Å². The number of carbonyl (C=O) groups excluding carboxylic acids is 2. The molecule has 244 valence electrons. The number of halogens is 1. The molecule has 0 spiro atoms. The Morgan fingerprint density at radius 2 is 1.07 bits per heavy atom. The Morgan fingerprint density at radius 1 is 0.651 bits per heavy atom. The van der Waals surface area contributed by atoms with E-state index in [1.54, 1.807) is 0 Å². The molecule has 2 heterocycles. The summed E-state index contributed by atoms with van der Waals surface area (Å²) >= 11 is 5.76. The van der Waals surface area contributed by atoms with E-state index in [-0.39, 0.29) is 16.1 Å². The van der Waals surface area contributed by atoms with Gasteiger partial charge in [0, 0.05) is 25.0 Å². The van der Waals surface area contributed by atoms with E-state index >= 15 is 0 Å². The SMILES string of the molecule is CCC1(CC)CCN(C(=O)C23CC4CC(CC(C4)C2)C3)C1.CCC1(CC)CCNC1.O=C(Cl)C12CC3CC(CC(C3)C1)C2. The normalized spacial score (nSPS) is 42.3. The molecule has 10 fully saturated rings. The van der Waals surface area contributed by atoms with Gasteiger partial charge in [-0.2, -0.15) is 0 Å². The Morgan fingerprint density at radius 3 is 1.37 bits per heavy atom. The van der Waals surface area contributed by atoms with E-state index in [1.165, 1.54) is 109 Å². The first-order chi connectivity index (χ1) is 20.6. The Balaban J connectivity index is 0.000000127. The molecule has 0 aromatic carbocycles. The summed E-state index contributed by atoms with van der Waals surface area (Å²) in [7, 11) is 0. The molecule has 2 aliphatic heterocycles. The highest BCUT2D eigenvalue weighted by atomic mass is 35.5. The van der Waals surface area contributed by atoms with Gasteiger partial charge >= 0.3 is 0 Å². The number of hydrogen-bond donors (Lipinski definition) is 1. The highest BCUT2D eigenvalue weighted by Crippen LogP contribution is 2.62. The molecular weight excluding hydrogens is 552 g/mol. The van der Waals surface area contributed by atoms with Gasteiger partial charge in [-0.15, -0.1) is 0 Å². The third-order valence-electron chi connectivity index (χ3n) is 15.0. The predicted octanol–water partition coefficient (Wildman–Crippen LogP) is 9.00. The molecule has 1 amide bonds. The van der Waals surface area contributed by atoms with Gasteiger partial charge in [-0.05, 0) is 180 Å². The Bertz CT molecular complexity index is 935. The summed E-state index contributed by atoms with van der Waals surface area (Å²) in [6.45, 7) is 13.8. The van der Waals surface area contributed by atoms with Crippen LogP contribution in [0, 0.1) is 57.2 Å². The summed E-state index contributed by atoms with van der Waals surface area (Å²) in [6, 6.07) is 0. The van der Waals surface area contributed by atoms with Crippen molar-refractivity contribution in [1.29, 1.82) is 0 Å². The Labute approximate surface area is 268 Å². The van der Waals surface area contributed by atoms with Gasteiger partial charge < -0.3 is 10.2 Å². The van der Waals surface area contributed by atoms with Crippen molar-refractivity contribution >= 4 is 22.8 Å². The van der Waals surface area contributed by atoms with Crippen LogP contribution in [-0.4, -0.2) is 42.2 Å². The van der Waals surface area contributed by atoms with Crippen molar-refractivity contribution in [3.05, 3.63) is 0 Å². The lowest BCUT2D eigenvalue weighted by Gasteiger charge is -2.56. The summed E-state index contributed by atoms with van der Waals surface area (Å²) in [5, 5.41) is 3.38. The molecule has 5 heteroatoms. The average molecular weight is 615 g/mol. The molecule has 8 saturated carbocycles. The quantitative estimate of drug-likeness (QED) is 0.304. The molecule has 2 saturated heterocycles. The van der Waals surface area contributed by atoms with E-state index in [1.807, 2.05) is 0 Å². The molecule has 8 bridgehead atoms. The maximum absolute atomic E-state index is 13.3. The highest BCUT2D eigenvalue weighted by molar-refractivity contribution is 6.64. The maximum atomic E-state index is 13.3. The van der Waals surface area contributed by atoms with Crippen molar-refractivity contribution in [2.75, 3.05) is 26.2 Å². The number of nitrogens with zero attached hydrogens (tertiary/aromatic N) is 1. The summed E-state index contributed by atoms with van der Waals surface area (Å²) in [5.41, 5.74) is 1.10. The van der Waals surface area contributed by atoms with E-state index < -0.39 is 0 Å². The van der Waals surface area contributed by atoms with Crippen LogP contribution in [0.2, 0.25) is 0 Å². The smallest absolute Gasteiger partial charge is 0.228 e. The van der Waals surface area contributed by atoms with Crippen molar-refractivity contribution in [3.63, 3.8) is 0 Å². The number of nitrogens with one attached hydrogen (secondary N) is 1. The summed E-state index contributed by atoms with van der Waals surface area (Å²) in [6.07, 6.45) is 23.2. The van der Waals surface area contributed by atoms with Crippen molar-refractivity contribution in [1.82, 2.24) is 10.2 Å². The average Bonchev–Trinajstić information content (AvgIpc) is 3.65. The van der Waals surface area contributed by atoms with Crippen LogP contribution < -0.4 is 5.32 Å². The van der Waals surface area contributed by atoms with Gasteiger partial charge in [-0.1, -0.05) is 27.7 Å².